The summed E-state index contributed by atoms with van der Waals surface area (Å²) in [5.41, 5.74) is 2.30. The van der Waals surface area contributed by atoms with Crippen molar-refractivity contribution in [2.45, 2.75) is 64.3 Å². The van der Waals surface area contributed by atoms with Crippen LogP contribution in [0.15, 0.2) is 24.3 Å². The van der Waals surface area contributed by atoms with Gasteiger partial charge in [-0.15, -0.1) is 0 Å². The van der Waals surface area contributed by atoms with Gasteiger partial charge in [0.05, 0.1) is 7.11 Å². The Labute approximate surface area is 172 Å². The van der Waals surface area contributed by atoms with Crippen LogP contribution in [0.2, 0.25) is 0 Å². The number of aryl methyl sites for hydroxylation is 1. The molecule has 5 nitrogen and oxygen atoms in total. The van der Waals surface area contributed by atoms with Crippen LogP contribution in [0.3, 0.4) is 0 Å². The summed E-state index contributed by atoms with van der Waals surface area (Å²) in [6.07, 6.45) is 7.60. The Hall–Kier alpha value is -1.82. The number of nitrogens with one attached hydrogen (secondary N) is 1. The van der Waals surface area contributed by atoms with Crippen molar-refractivity contribution in [1.29, 1.82) is 0 Å². The van der Waals surface area contributed by atoms with Gasteiger partial charge in [-0.3, -0.25) is 9.59 Å². The first-order valence-corrected chi connectivity index (χ1v) is 11.1. The van der Waals surface area contributed by atoms with E-state index in [1.54, 1.807) is 0 Å². The van der Waals surface area contributed by atoms with Crippen molar-refractivity contribution in [3.63, 3.8) is 0 Å². The van der Waals surface area contributed by atoms with Crippen LogP contribution in [0.25, 0.3) is 0 Å². The fraction of sp³-hybridized carbons (Fsp3) is 0.591. The number of carbonyl (C=O) groups is 3. The number of esters is 1. The summed E-state index contributed by atoms with van der Waals surface area (Å²) >= 11 is 1.17. The molecule has 6 heteroatoms. The largest absolute Gasteiger partial charge is 0.467 e. The lowest BCUT2D eigenvalue weighted by Gasteiger charge is -2.22. The van der Waals surface area contributed by atoms with E-state index in [1.165, 1.54) is 31.4 Å². The summed E-state index contributed by atoms with van der Waals surface area (Å²) in [7, 11) is 1.34. The second-order valence-electron chi connectivity index (χ2n) is 7.36. The van der Waals surface area contributed by atoms with E-state index in [0.717, 1.165) is 50.5 Å². The Balaban J connectivity index is 2.22. The molecule has 28 heavy (non-hydrogen) atoms. The molecule has 1 heterocycles. The number of carbonyl (C=O) groups excluding carboxylic acids is 3. The van der Waals surface area contributed by atoms with Gasteiger partial charge in [0.2, 0.25) is 5.91 Å². The van der Waals surface area contributed by atoms with Gasteiger partial charge in [0.25, 0.3) is 0 Å². The molecular formula is C22H31NO4S. The second-order valence-corrected chi connectivity index (χ2v) is 8.56. The first kappa shape index (κ1) is 22.5. The summed E-state index contributed by atoms with van der Waals surface area (Å²) in [6.45, 7) is 1.51. The van der Waals surface area contributed by atoms with Crippen molar-refractivity contribution in [1.82, 2.24) is 5.32 Å². The molecule has 1 aliphatic heterocycles. The highest BCUT2D eigenvalue weighted by Crippen LogP contribution is 2.21. The standard InChI is InChI=1S/C22H31NO4S/c1-16(24)28-15-19-13-7-5-3-4-6-10-17-11-8-9-12-18(17)14-20(22(26)27-2)23-21(19)25/h8-9,11-12,19-20H,3-7,10,13-15H2,1-2H3,(H,23,25)/t19-,20-/m0/s1. The number of fused-ring (bicyclic) bond motifs is 1. The van der Waals surface area contributed by atoms with Crippen LogP contribution in [-0.4, -0.2) is 35.9 Å². The Morgan fingerprint density at radius 3 is 2.50 bits per heavy atom. The highest BCUT2D eigenvalue weighted by Gasteiger charge is 2.27. The van der Waals surface area contributed by atoms with Crippen LogP contribution >= 0.6 is 11.8 Å². The Kier molecular flexibility index (Phi) is 9.55. The maximum atomic E-state index is 12.9. The minimum Gasteiger partial charge on any atom is -0.467 e. The summed E-state index contributed by atoms with van der Waals surface area (Å²) in [6, 6.07) is 7.38. The SMILES string of the molecule is COC(=O)[C@@H]1Cc2ccccc2CCCCCCC[C@@H](CSC(C)=O)C(=O)N1. The second kappa shape index (κ2) is 11.9. The van der Waals surface area contributed by atoms with Crippen LogP contribution in [0.5, 0.6) is 0 Å². The van der Waals surface area contributed by atoms with Crippen LogP contribution in [0.1, 0.15) is 56.6 Å². The van der Waals surface area contributed by atoms with Gasteiger partial charge in [-0.1, -0.05) is 61.7 Å². The Morgan fingerprint density at radius 1 is 1.11 bits per heavy atom. The molecule has 0 saturated heterocycles. The van der Waals surface area contributed by atoms with Crippen molar-refractivity contribution >= 4 is 28.8 Å². The molecule has 0 bridgehead atoms. The third-order valence-electron chi connectivity index (χ3n) is 5.20. The van der Waals surface area contributed by atoms with E-state index in [0.29, 0.717) is 12.2 Å². The number of amides is 1. The van der Waals surface area contributed by atoms with Gasteiger partial charge in [-0.05, 0) is 30.4 Å². The lowest BCUT2D eigenvalue weighted by molar-refractivity contribution is -0.145. The molecule has 1 aromatic carbocycles. The van der Waals surface area contributed by atoms with Crippen LogP contribution in [-0.2, 0) is 32.0 Å². The zero-order valence-corrected chi connectivity index (χ0v) is 17.7. The smallest absolute Gasteiger partial charge is 0.328 e. The van der Waals surface area contributed by atoms with Gasteiger partial charge in [0, 0.05) is 25.0 Å². The van der Waals surface area contributed by atoms with E-state index >= 15 is 0 Å². The Bertz CT molecular complexity index is 676. The molecule has 1 aliphatic rings. The molecule has 1 amide bonds. The number of thioether (sulfide) groups is 1. The maximum absolute atomic E-state index is 12.9. The molecule has 2 rings (SSSR count). The zero-order valence-electron chi connectivity index (χ0n) is 16.9. The molecule has 0 radical (unpaired) electrons. The number of hydrogen-bond acceptors (Lipinski definition) is 5. The van der Waals surface area contributed by atoms with Crippen molar-refractivity contribution in [3.8, 4) is 0 Å². The highest BCUT2D eigenvalue weighted by atomic mass is 32.2. The number of rotatable bonds is 3. The molecular weight excluding hydrogens is 374 g/mol. The lowest BCUT2D eigenvalue weighted by Crippen LogP contribution is -2.46. The lowest BCUT2D eigenvalue weighted by atomic mass is 9.94. The van der Waals surface area contributed by atoms with Crippen LogP contribution in [0, 0.1) is 5.92 Å². The maximum Gasteiger partial charge on any atom is 0.328 e. The molecule has 0 saturated carbocycles. The molecule has 154 valence electrons. The molecule has 2 atom stereocenters. The van der Waals surface area contributed by atoms with E-state index < -0.39 is 12.0 Å². The molecule has 1 aromatic rings. The van der Waals surface area contributed by atoms with E-state index in [-0.39, 0.29) is 16.9 Å². The average molecular weight is 406 g/mol. The molecule has 0 unspecified atom stereocenters. The van der Waals surface area contributed by atoms with E-state index in [1.807, 2.05) is 18.2 Å². The van der Waals surface area contributed by atoms with Crippen LogP contribution in [0.4, 0.5) is 0 Å². The number of benzene rings is 1. The minimum absolute atomic E-state index is 0.00523. The topological polar surface area (TPSA) is 72.5 Å². The van der Waals surface area contributed by atoms with E-state index in [9.17, 15) is 14.4 Å². The molecule has 0 fully saturated rings. The molecule has 0 aromatic heterocycles. The highest BCUT2D eigenvalue weighted by molar-refractivity contribution is 8.13. The normalized spacial score (nSPS) is 21.7. The third-order valence-corrected chi connectivity index (χ3v) is 6.18. The first-order valence-electron chi connectivity index (χ1n) is 10.1. The van der Waals surface area contributed by atoms with Crippen molar-refractivity contribution in [2.75, 3.05) is 12.9 Å². The summed E-state index contributed by atoms with van der Waals surface area (Å²) < 4.78 is 4.94. The fourth-order valence-electron chi connectivity index (χ4n) is 3.59. The molecule has 0 spiro atoms. The summed E-state index contributed by atoms with van der Waals surface area (Å²) in [4.78, 5) is 36.6. The number of methoxy groups -OCH3 is 1. The zero-order chi connectivity index (χ0) is 20.4. The molecule has 0 aliphatic carbocycles. The van der Waals surface area contributed by atoms with Gasteiger partial charge < -0.3 is 10.1 Å². The summed E-state index contributed by atoms with van der Waals surface area (Å²) in [5, 5.41) is 2.90. The number of hydrogen-bond donors (Lipinski definition) is 1. The monoisotopic (exact) mass is 405 g/mol. The molecule has 1 N–H and O–H groups in total. The first-order chi connectivity index (χ1) is 13.5. The van der Waals surface area contributed by atoms with Crippen molar-refractivity contribution < 1.29 is 19.1 Å². The third kappa shape index (κ3) is 7.30. The van der Waals surface area contributed by atoms with Gasteiger partial charge in [0.15, 0.2) is 5.12 Å². The van der Waals surface area contributed by atoms with E-state index in [2.05, 4.69) is 11.4 Å². The number of ether oxygens (including phenoxy) is 1. The average Bonchev–Trinajstić information content (AvgIpc) is 2.68. The summed E-state index contributed by atoms with van der Waals surface area (Å²) in [5.74, 6) is -0.433. The van der Waals surface area contributed by atoms with Gasteiger partial charge >= 0.3 is 5.97 Å². The quantitative estimate of drug-likeness (QED) is 0.777. The van der Waals surface area contributed by atoms with Crippen LogP contribution < -0.4 is 5.32 Å². The van der Waals surface area contributed by atoms with Gasteiger partial charge in [-0.25, -0.2) is 4.79 Å². The van der Waals surface area contributed by atoms with Gasteiger partial charge in [-0.2, -0.15) is 0 Å². The predicted octanol–water partition coefficient (Wildman–Crippen LogP) is 3.68. The van der Waals surface area contributed by atoms with Crippen molar-refractivity contribution in [3.05, 3.63) is 35.4 Å². The van der Waals surface area contributed by atoms with Crippen molar-refractivity contribution in [2.24, 2.45) is 5.92 Å². The fourth-order valence-corrected chi connectivity index (χ4v) is 4.34. The minimum atomic E-state index is -0.716. The van der Waals surface area contributed by atoms with Gasteiger partial charge in [0.1, 0.15) is 6.04 Å². The predicted molar refractivity (Wildman–Crippen MR) is 112 cm³/mol. The Morgan fingerprint density at radius 2 is 1.79 bits per heavy atom. The van der Waals surface area contributed by atoms with E-state index in [4.69, 9.17) is 4.74 Å².